The SMILES string of the molecule is Cc1cccc(CC2C(=O)SC(=O)N2c2cc3c(cc2C)C(C)(C)CCC3(C)C)c1. The third kappa shape index (κ3) is 3.60. The highest BCUT2D eigenvalue weighted by Gasteiger charge is 2.43. The summed E-state index contributed by atoms with van der Waals surface area (Å²) in [5.41, 5.74) is 7.07. The molecule has 1 unspecified atom stereocenters. The van der Waals surface area contributed by atoms with Gasteiger partial charge in [-0.25, -0.2) is 0 Å². The predicted octanol–water partition coefficient (Wildman–Crippen LogP) is 6.46. The number of thioether (sulfide) groups is 1. The smallest absolute Gasteiger partial charge is 0.291 e. The monoisotopic (exact) mass is 421 g/mol. The molecule has 0 saturated carbocycles. The van der Waals surface area contributed by atoms with Gasteiger partial charge in [-0.1, -0.05) is 63.6 Å². The molecule has 4 rings (SSSR count). The number of carbonyl (C=O) groups is 2. The lowest BCUT2D eigenvalue weighted by atomic mass is 9.63. The Labute approximate surface area is 184 Å². The van der Waals surface area contributed by atoms with Crippen molar-refractivity contribution in [2.24, 2.45) is 0 Å². The Balaban J connectivity index is 1.80. The summed E-state index contributed by atoms with van der Waals surface area (Å²) in [5.74, 6) is 0. The van der Waals surface area contributed by atoms with Gasteiger partial charge in [-0.2, -0.15) is 0 Å². The number of fused-ring (bicyclic) bond motifs is 1. The van der Waals surface area contributed by atoms with Crippen LogP contribution in [-0.4, -0.2) is 16.4 Å². The van der Waals surface area contributed by atoms with Crippen LogP contribution in [0.1, 0.15) is 68.4 Å². The number of aryl methyl sites for hydroxylation is 2. The summed E-state index contributed by atoms with van der Waals surface area (Å²) < 4.78 is 0. The summed E-state index contributed by atoms with van der Waals surface area (Å²) in [7, 11) is 0. The summed E-state index contributed by atoms with van der Waals surface area (Å²) in [6, 6.07) is 12.2. The maximum absolute atomic E-state index is 12.9. The van der Waals surface area contributed by atoms with E-state index in [2.05, 4.69) is 65.8 Å². The number of carbonyl (C=O) groups excluding carboxylic acids is 2. The van der Waals surface area contributed by atoms with Gasteiger partial charge in [0, 0.05) is 23.9 Å². The average Bonchev–Trinajstić information content (AvgIpc) is 2.92. The molecular formula is C26H31NO2S. The molecular weight excluding hydrogens is 390 g/mol. The number of nitrogens with zero attached hydrogens (tertiary/aromatic N) is 1. The van der Waals surface area contributed by atoms with Gasteiger partial charge in [-0.15, -0.1) is 0 Å². The Kier molecular flexibility index (Phi) is 5.13. The first-order chi connectivity index (χ1) is 14.0. The van der Waals surface area contributed by atoms with Crippen molar-refractivity contribution in [3.8, 4) is 0 Å². The van der Waals surface area contributed by atoms with Gasteiger partial charge in [0.2, 0.25) is 5.12 Å². The minimum absolute atomic E-state index is 0.0548. The Bertz CT molecular complexity index is 1040. The minimum Gasteiger partial charge on any atom is -0.291 e. The molecule has 1 heterocycles. The van der Waals surface area contributed by atoms with Crippen molar-refractivity contribution < 1.29 is 9.59 Å². The summed E-state index contributed by atoms with van der Waals surface area (Å²) in [6.45, 7) is 13.3. The number of amides is 1. The molecule has 3 nitrogen and oxygen atoms in total. The first kappa shape index (κ1) is 21.2. The van der Waals surface area contributed by atoms with Crippen LogP contribution in [0.15, 0.2) is 36.4 Å². The van der Waals surface area contributed by atoms with E-state index in [0.717, 1.165) is 47.0 Å². The van der Waals surface area contributed by atoms with Gasteiger partial charge in [0.1, 0.15) is 6.04 Å². The highest BCUT2D eigenvalue weighted by Crippen LogP contribution is 2.48. The van der Waals surface area contributed by atoms with Crippen LogP contribution in [0.2, 0.25) is 0 Å². The summed E-state index contributed by atoms with van der Waals surface area (Å²) in [5, 5.41) is -0.216. The normalized spacial score (nSPS) is 22.3. The first-order valence-corrected chi connectivity index (χ1v) is 11.6. The fraction of sp³-hybridized carbons (Fsp3) is 0.462. The zero-order valence-electron chi connectivity index (χ0n) is 18.8. The molecule has 2 aromatic carbocycles. The molecule has 2 aromatic rings. The van der Waals surface area contributed by atoms with Crippen molar-refractivity contribution in [2.75, 3.05) is 4.90 Å². The second kappa shape index (κ2) is 7.26. The Morgan fingerprint density at radius 1 is 0.967 bits per heavy atom. The number of benzene rings is 2. The van der Waals surface area contributed by atoms with Crippen LogP contribution in [0.25, 0.3) is 0 Å². The second-order valence-electron chi connectivity index (χ2n) is 10.2. The van der Waals surface area contributed by atoms with Gasteiger partial charge in [0.15, 0.2) is 0 Å². The maximum atomic E-state index is 12.9. The quantitative estimate of drug-likeness (QED) is 0.570. The molecule has 0 aromatic heterocycles. The molecule has 2 aliphatic rings. The summed E-state index contributed by atoms with van der Waals surface area (Å²) in [4.78, 5) is 27.5. The highest BCUT2D eigenvalue weighted by atomic mass is 32.2. The molecule has 1 fully saturated rings. The number of anilines is 1. The molecule has 0 N–H and O–H groups in total. The first-order valence-electron chi connectivity index (χ1n) is 10.8. The number of rotatable bonds is 3. The fourth-order valence-electron chi connectivity index (χ4n) is 4.91. The molecule has 0 spiro atoms. The van der Waals surface area contributed by atoms with E-state index >= 15 is 0 Å². The van der Waals surface area contributed by atoms with E-state index in [1.165, 1.54) is 11.1 Å². The van der Waals surface area contributed by atoms with Crippen LogP contribution in [0, 0.1) is 13.8 Å². The van der Waals surface area contributed by atoms with E-state index in [4.69, 9.17) is 0 Å². The van der Waals surface area contributed by atoms with Crippen molar-refractivity contribution in [1.29, 1.82) is 0 Å². The Hall–Kier alpha value is -2.07. The lowest BCUT2D eigenvalue weighted by Crippen LogP contribution is -2.39. The van der Waals surface area contributed by atoms with Gasteiger partial charge >= 0.3 is 0 Å². The topological polar surface area (TPSA) is 37.4 Å². The third-order valence-corrected chi connectivity index (χ3v) is 7.75. The van der Waals surface area contributed by atoms with Crippen molar-refractivity contribution in [3.63, 3.8) is 0 Å². The molecule has 1 amide bonds. The molecule has 1 atom stereocenters. The van der Waals surface area contributed by atoms with E-state index in [9.17, 15) is 9.59 Å². The van der Waals surface area contributed by atoms with E-state index in [1.54, 1.807) is 4.90 Å². The van der Waals surface area contributed by atoms with Gasteiger partial charge in [0.05, 0.1) is 0 Å². The molecule has 4 heteroatoms. The fourth-order valence-corrected chi connectivity index (χ4v) is 5.73. The third-order valence-electron chi connectivity index (χ3n) is 6.91. The van der Waals surface area contributed by atoms with Crippen LogP contribution < -0.4 is 4.90 Å². The van der Waals surface area contributed by atoms with Gasteiger partial charge in [0.25, 0.3) is 5.24 Å². The molecule has 30 heavy (non-hydrogen) atoms. The number of hydrogen-bond acceptors (Lipinski definition) is 3. The van der Waals surface area contributed by atoms with Crippen molar-refractivity contribution in [2.45, 2.75) is 77.7 Å². The van der Waals surface area contributed by atoms with E-state index in [0.29, 0.717) is 6.42 Å². The molecule has 0 radical (unpaired) electrons. The zero-order chi connectivity index (χ0) is 21.8. The minimum atomic E-state index is -0.458. The molecule has 0 bridgehead atoms. The van der Waals surface area contributed by atoms with Crippen LogP contribution in [-0.2, 0) is 22.0 Å². The lowest BCUT2D eigenvalue weighted by molar-refractivity contribution is -0.111. The highest BCUT2D eigenvalue weighted by molar-refractivity contribution is 8.27. The average molecular weight is 422 g/mol. The summed E-state index contributed by atoms with van der Waals surface area (Å²) >= 11 is 0.849. The van der Waals surface area contributed by atoms with E-state index < -0.39 is 6.04 Å². The van der Waals surface area contributed by atoms with Gasteiger partial charge < -0.3 is 0 Å². The van der Waals surface area contributed by atoms with Gasteiger partial charge in [-0.3, -0.25) is 14.5 Å². The van der Waals surface area contributed by atoms with Crippen LogP contribution in [0.3, 0.4) is 0 Å². The van der Waals surface area contributed by atoms with E-state index in [1.807, 2.05) is 12.1 Å². The van der Waals surface area contributed by atoms with Gasteiger partial charge in [-0.05, 0) is 65.8 Å². The summed E-state index contributed by atoms with van der Waals surface area (Å²) in [6.07, 6.45) is 2.81. The predicted molar refractivity (Wildman–Crippen MR) is 126 cm³/mol. The second-order valence-corrected chi connectivity index (χ2v) is 11.2. The Morgan fingerprint density at radius 3 is 2.23 bits per heavy atom. The molecule has 1 aliphatic heterocycles. The van der Waals surface area contributed by atoms with Crippen LogP contribution >= 0.6 is 11.8 Å². The van der Waals surface area contributed by atoms with Crippen LogP contribution in [0.4, 0.5) is 10.5 Å². The zero-order valence-corrected chi connectivity index (χ0v) is 19.7. The van der Waals surface area contributed by atoms with Crippen LogP contribution in [0.5, 0.6) is 0 Å². The Morgan fingerprint density at radius 2 is 1.60 bits per heavy atom. The van der Waals surface area contributed by atoms with Crippen molar-refractivity contribution in [3.05, 3.63) is 64.2 Å². The molecule has 1 aliphatic carbocycles. The lowest BCUT2D eigenvalue weighted by Gasteiger charge is -2.43. The number of hydrogen-bond donors (Lipinski definition) is 0. The van der Waals surface area contributed by atoms with Crippen molar-refractivity contribution in [1.82, 2.24) is 0 Å². The maximum Gasteiger partial charge on any atom is 0.294 e. The molecule has 158 valence electrons. The standard InChI is InChI=1S/C26H31NO2S/c1-16-8-7-9-18(12-16)14-22-23(28)30-24(29)27(22)21-15-20-19(13-17(21)2)25(3,4)10-11-26(20,5)6/h7-9,12-13,15,22H,10-11,14H2,1-6H3. The van der Waals surface area contributed by atoms with Crippen molar-refractivity contribution >= 4 is 27.8 Å². The van der Waals surface area contributed by atoms with E-state index in [-0.39, 0.29) is 21.2 Å². The molecule has 1 saturated heterocycles. The largest absolute Gasteiger partial charge is 0.294 e.